The molecule has 1 heterocycles. The minimum Gasteiger partial charge on any atom is -0.481 e. The Hall–Kier alpha value is -0.990. The number of hydrogen-bond acceptors (Lipinski definition) is 2. The first-order chi connectivity index (χ1) is 7.27. The third-order valence-corrected chi connectivity index (χ3v) is 3.58. The lowest BCUT2D eigenvalue weighted by molar-refractivity contribution is -0.137. The van der Waals surface area contributed by atoms with Crippen LogP contribution >= 0.6 is 0 Å². The summed E-state index contributed by atoms with van der Waals surface area (Å²) in [5.41, 5.74) is 1.46. The highest BCUT2D eigenvalue weighted by molar-refractivity contribution is 5.66. The lowest BCUT2D eigenvalue weighted by Crippen LogP contribution is -2.30. The van der Waals surface area contributed by atoms with Gasteiger partial charge in [0.25, 0.3) is 0 Å². The maximum absolute atomic E-state index is 10.4. The van der Waals surface area contributed by atoms with E-state index in [1.807, 2.05) is 0 Å². The first-order valence-electron chi connectivity index (χ1n) is 5.94. The maximum Gasteiger partial charge on any atom is 0.303 e. The summed E-state index contributed by atoms with van der Waals surface area (Å²) in [4.78, 5) is 10.4. The summed E-state index contributed by atoms with van der Waals surface area (Å²) in [6.07, 6.45) is 9.42. The second-order valence-electron chi connectivity index (χ2n) is 4.63. The Labute approximate surface area is 90.6 Å². The van der Waals surface area contributed by atoms with Crippen LogP contribution < -0.4 is 5.32 Å². The van der Waals surface area contributed by atoms with E-state index in [2.05, 4.69) is 11.5 Å². The molecule has 0 spiro atoms. The van der Waals surface area contributed by atoms with Crippen molar-refractivity contribution >= 4 is 5.97 Å². The Balaban J connectivity index is 1.80. The van der Waals surface area contributed by atoms with Crippen LogP contribution in [-0.2, 0) is 4.79 Å². The Morgan fingerprint density at radius 1 is 1.47 bits per heavy atom. The largest absolute Gasteiger partial charge is 0.481 e. The number of carboxylic acid groups (broad SMARTS) is 1. The van der Waals surface area contributed by atoms with Crippen molar-refractivity contribution in [2.24, 2.45) is 5.92 Å². The normalized spacial score (nSPS) is 29.2. The summed E-state index contributed by atoms with van der Waals surface area (Å²) in [7, 11) is 0. The quantitative estimate of drug-likeness (QED) is 0.746. The minimum absolute atomic E-state index is 0.300. The molecule has 0 aromatic heterocycles. The molecule has 1 fully saturated rings. The molecule has 2 N–H and O–H groups in total. The first-order valence-corrected chi connectivity index (χ1v) is 5.94. The van der Waals surface area contributed by atoms with Gasteiger partial charge in [0.1, 0.15) is 0 Å². The van der Waals surface area contributed by atoms with Gasteiger partial charge >= 0.3 is 5.97 Å². The van der Waals surface area contributed by atoms with Gasteiger partial charge in [-0.25, -0.2) is 0 Å². The van der Waals surface area contributed by atoms with Gasteiger partial charge < -0.3 is 10.4 Å². The Morgan fingerprint density at radius 2 is 2.27 bits per heavy atom. The van der Waals surface area contributed by atoms with Crippen molar-refractivity contribution in [1.29, 1.82) is 0 Å². The number of carboxylic acids is 1. The van der Waals surface area contributed by atoms with Gasteiger partial charge in [0.2, 0.25) is 0 Å². The van der Waals surface area contributed by atoms with E-state index in [9.17, 15) is 4.79 Å². The van der Waals surface area contributed by atoms with Crippen molar-refractivity contribution in [2.75, 3.05) is 0 Å². The Bertz CT molecular complexity index is 273. The Morgan fingerprint density at radius 3 is 3.07 bits per heavy atom. The van der Waals surface area contributed by atoms with Crippen molar-refractivity contribution in [3.05, 3.63) is 11.8 Å². The monoisotopic (exact) mass is 209 g/mol. The lowest BCUT2D eigenvalue weighted by atomic mass is 9.81. The molecule has 2 unspecified atom stereocenters. The highest BCUT2D eigenvalue weighted by Crippen LogP contribution is 2.35. The van der Waals surface area contributed by atoms with E-state index >= 15 is 0 Å². The smallest absolute Gasteiger partial charge is 0.303 e. The van der Waals surface area contributed by atoms with Gasteiger partial charge in [-0.15, -0.1) is 0 Å². The fraction of sp³-hybridized carbons (Fsp3) is 0.750. The standard InChI is InChI=1S/C12H19NO2/c14-12(15)7-3-4-9-8-13-11-6-2-1-5-10(9)11/h8,10-11,13H,1-7H2,(H,14,15). The summed E-state index contributed by atoms with van der Waals surface area (Å²) < 4.78 is 0. The summed E-state index contributed by atoms with van der Waals surface area (Å²) in [6, 6.07) is 0.651. The second kappa shape index (κ2) is 4.69. The highest BCUT2D eigenvalue weighted by Gasteiger charge is 2.30. The van der Waals surface area contributed by atoms with Crippen molar-refractivity contribution in [1.82, 2.24) is 5.32 Å². The summed E-state index contributed by atoms with van der Waals surface area (Å²) in [5, 5.41) is 12.0. The zero-order chi connectivity index (χ0) is 10.7. The number of nitrogens with one attached hydrogen (secondary N) is 1. The number of fused-ring (bicyclic) bond motifs is 1. The van der Waals surface area contributed by atoms with Crippen LogP contribution in [0.4, 0.5) is 0 Å². The molecule has 84 valence electrons. The SMILES string of the molecule is O=C(O)CCCC1=CNC2CCCCC12. The van der Waals surface area contributed by atoms with E-state index in [1.54, 1.807) is 0 Å². The van der Waals surface area contributed by atoms with Gasteiger partial charge in [0.15, 0.2) is 0 Å². The first kappa shape index (κ1) is 10.5. The van der Waals surface area contributed by atoms with Crippen LogP contribution in [0.15, 0.2) is 11.8 Å². The fourth-order valence-corrected chi connectivity index (χ4v) is 2.80. The van der Waals surface area contributed by atoms with Crippen molar-refractivity contribution in [2.45, 2.75) is 51.0 Å². The zero-order valence-electron chi connectivity index (χ0n) is 9.04. The molecule has 3 nitrogen and oxygen atoms in total. The van der Waals surface area contributed by atoms with Gasteiger partial charge in [-0.1, -0.05) is 12.8 Å². The average Bonchev–Trinajstić information content (AvgIpc) is 2.62. The molecule has 0 bridgehead atoms. The zero-order valence-corrected chi connectivity index (χ0v) is 9.04. The molecule has 15 heavy (non-hydrogen) atoms. The van der Waals surface area contributed by atoms with E-state index in [1.165, 1.54) is 31.3 Å². The third-order valence-electron chi connectivity index (χ3n) is 3.58. The summed E-state index contributed by atoms with van der Waals surface area (Å²) in [5.74, 6) is 0.0225. The topological polar surface area (TPSA) is 49.3 Å². The molecular weight excluding hydrogens is 190 g/mol. The molecule has 1 aliphatic carbocycles. The maximum atomic E-state index is 10.4. The number of rotatable bonds is 4. The Kier molecular flexibility index (Phi) is 3.29. The molecule has 0 amide bonds. The van der Waals surface area contributed by atoms with Crippen molar-refractivity contribution in [3.63, 3.8) is 0 Å². The average molecular weight is 209 g/mol. The van der Waals surface area contributed by atoms with Crippen LogP contribution in [0.1, 0.15) is 44.9 Å². The summed E-state index contributed by atoms with van der Waals surface area (Å²) in [6.45, 7) is 0. The molecule has 0 aromatic carbocycles. The molecular formula is C12H19NO2. The van der Waals surface area contributed by atoms with Gasteiger partial charge in [0.05, 0.1) is 0 Å². The van der Waals surface area contributed by atoms with Crippen LogP contribution in [0, 0.1) is 5.92 Å². The number of carbonyl (C=O) groups is 1. The van der Waals surface area contributed by atoms with E-state index in [0.717, 1.165) is 12.8 Å². The molecule has 3 heteroatoms. The molecule has 2 aliphatic rings. The predicted molar refractivity (Wildman–Crippen MR) is 58.5 cm³/mol. The minimum atomic E-state index is -0.679. The van der Waals surface area contributed by atoms with Crippen LogP contribution in [-0.4, -0.2) is 17.1 Å². The van der Waals surface area contributed by atoms with Gasteiger partial charge in [-0.3, -0.25) is 4.79 Å². The van der Waals surface area contributed by atoms with Gasteiger partial charge in [0, 0.05) is 18.4 Å². The number of hydrogen-bond donors (Lipinski definition) is 2. The van der Waals surface area contributed by atoms with Crippen LogP contribution in [0.3, 0.4) is 0 Å². The van der Waals surface area contributed by atoms with E-state index in [0.29, 0.717) is 18.4 Å². The van der Waals surface area contributed by atoms with Crippen LogP contribution in [0.25, 0.3) is 0 Å². The molecule has 2 atom stereocenters. The molecule has 0 aromatic rings. The molecule has 1 saturated carbocycles. The highest BCUT2D eigenvalue weighted by atomic mass is 16.4. The van der Waals surface area contributed by atoms with E-state index in [4.69, 9.17) is 5.11 Å². The van der Waals surface area contributed by atoms with E-state index in [-0.39, 0.29) is 0 Å². The van der Waals surface area contributed by atoms with Gasteiger partial charge in [-0.2, -0.15) is 0 Å². The predicted octanol–water partition coefficient (Wildman–Crippen LogP) is 2.29. The molecule has 0 saturated heterocycles. The number of aliphatic carboxylic acids is 1. The molecule has 0 radical (unpaired) electrons. The molecule has 1 aliphatic heterocycles. The van der Waals surface area contributed by atoms with Crippen LogP contribution in [0.5, 0.6) is 0 Å². The third kappa shape index (κ3) is 2.52. The van der Waals surface area contributed by atoms with Crippen molar-refractivity contribution < 1.29 is 9.90 Å². The van der Waals surface area contributed by atoms with Gasteiger partial charge in [-0.05, 0) is 37.5 Å². The van der Waals surface area contributed by atoms with E-state index < -0.39 is 5.97 Å². The summed E-state index contributed by atoms with van der Waals surface area (Å²) >= 11 is 0. The molecule has 2 rings (SSSR count). The van der Waals surface area contributed by atoms with Crippen LogP contribution in [0.2, 0.25) is 0 Å². The van der Waals surface area contributed by atoms with Crippen molar-refractivity contribution in [3.8, 4) is 0 Å². The second-order valence-corrected chi connectivity index (χ2v) is 4.63. The lowest BCUT2D eigenvalue weighted by Gasteiger charge is -2.27. The fourth-order valence-electron chi connectivity index (χ4n) is 2.80.